The zero-order valence-corrected chi connectivity index (χ0v) is 10.1. The van der Waals surface area contributed by atoms with E-state index in [1.807, 2.05) is 49.5 Å². The summed E-state index contributed by atoms with van der Waals surface area (Å²) >= 11 is 0. The second kappa shape index (κ2) is 5.23. The van der Waals surface area contributed by atoms with Crippen molar-refractivity contribution in [3.8, 4) is 11.8 Å². The first-order valence-corrected chi connectivity index (χ1v) is 5.65. The fourth-order valence-corrected chi connectivity index (χ4v) is 1.66. The Morgan fingerprint density at radius 1 is 0.824 bits per heavy atom. The molecule has 0 heterocycles. The van der Waals surface area contributed by atoms with Gasteiger partial charge in [0.2, 0.25) is 0 Å². The Hall–Kier alpha value is -2.20. The van der Waals surface area contributed by atoms with E-state index in [1.54, 1.807) is 0 Å². The molecule has 84 valence electrons. The van der Waals surface area contributed by atoms with E-state index in [2.05, 4.69) is 30.1 Å². The lowest BCUT2D eigenvalue weighted by Crippen LogP contribution is -1.91. The van der Waals surface area contributed by atoms with Crippen molar-refractivity contribution in [2.45, 2.75) is 6.92 Å². The molecule has 1 N–H and O–H groups in total. The summed E-state index contributed by atoms with van der Waals surface area (Å²) < 4.78 is 0. The van der Waals surface area contributed by atoms with Gasteiger partial charge in [-0.05, 0) is 30.7 Å². The normalized spacial score (nSPS) is 9.29. The summed E-state index contributed by atoms with van der Waals surface area (Å²) in [6.45, 7) is 2.08. The molecule has 1 nitrogen and oxygen atoms in total. The van der Waals surface area contributed by atoms with Crippen molar-refractivity contribution in [3.05, 3.63) is 65.2 Å². The molecule has 0 aliphatic heterocycles. The third-order valence-electron chi connectivity index (χ3n) is 2.67. The Bertz CT molecular complexity index is 573. The van der Waals surface area contributed by atoms with Gasteiger partial charge < -0.3 is 5.32 Å². The average molecular weight is 221 g/mol. The highest BCUT2D eigenvalue weighted by Crippen LogP contribution is 2.13. The zero-order chi connectivity index (χ0) is 12.1. The van der Waals surface area contributed by atoms with Gasteiger partial charge in [0, 0.05) is 23.9 Å². The number of nitrogens with one attached hydrogen (secondary N) is 1. The molecule has 17 heavy (non-hydrogen) atoms. The Kier molecular flexibility index (Phi) is 3.47. The Balaban J connectivity index is 2.37. The molecular weight excluding hydrogens is 206 g/mol. The van der Waals surface area contributed by atoms with Gasteiger partial charge in [-0.25, -0.2) is 0 Å². The minimum atomic E-state index is 1.03. The fourth-order valence-electron chi connectivity index (χ4n) is 1.66. The number of para-hydroxylation sites is 1. The maximum atomic E-state index is 3.21. The average Bonchev–Trinajstić information content (AvgIpc) is 2.38. The van der Waals surface area contributed by atoms with Crippen LogP contribution in [0.4, 0.5) is 5.69 Å². The molecule has 2 aromatic rings. The summed E-state index contributed by atoms with van der Waals surface area (Å²) in [4.78, 5) is 0. The molecule has 0 unspecified atom stereocenters. The first-order valence-electron chi connectivity index (χ1n) is 5.65. The molecule has 1 heteroatoms. The lowest BCUT2D eigenvalue weighted by molar-refractivity contribution is 1.43. The van der Waals surface area contributed by atoms with E-state index in [1.165, 1.54) is 5.56 Å². The van der Waals surface area contributed by atoms with Gasteiger partial charge >= 0.3 is 0 Å². The van der Waals surface area contributed by atoms with Gasteiger partial charge in [0.25, 0.3) is 0 Å². The summed E-state index contributed by atoms with van der Waals surface area (Å²) in [6, 6.07) is 16.2. The van der Waals surface area contributed by atoms with E-state index in [-0.39, 0.29) is 0 Å². The van der Waals surface area contributed by atoms with Gasteiger partial charge in [-0.1, -0.05) is 42.2 Å². The topological polar surface area (TPSA) is 12.0 Å². The first kappa shape index (κ1) is 11.3. The van der Waals surface area contributed by atoms with Crippen LogP contribution in [0.3, 0.4) is 0 Å². The predicted molar refractivity (Wildman–Crippen MR) is 73.1 cm³/mol. The molecule has 0 aliphatic carbocycles. The van der Waals surface area contributed by atoms with Gasteiger partial charge in [0.1, 0.15) is 0 Å². The van der Waals surface area contributed by atoms with Crippen molar-refractivity contribution >= 4 is 5.69 Å². The van der Waals surface area contributed by atoms with Crippen LogP contribution in [0.15, 0.2) is 48.5 Å². The monoisotopic (exact) mass is 221 g/mol. The number of benzene rings is 2. The number of rotatable bonds is 1. The second-order valence-corrected chi connectivity index (χ2v) is 3.86. The lowest BCUT2D eigenvalue weighted by Gasteiger charge is -2.02. The fraction of sp³-hybridized carbons (Fsp3) is 0.125. The third-order valence-corrected chi connectivity index (χ3v) is 2.67. The van der Waals surface area contributed by atoms with Gasteiger partial charge in [0.15, 0.2) is 0 Å². The van der Waals surface area contributed by atoms with Crippen molar-refractivity contribution < 1.29 is 0 Å². The van der Waals surface area contributed by atoms with E-state index < -0.39 is 0 Å². The SMILES string of the molecule is CNc1ccccc1C#Cc1ccccc1C. The molecule has 0 amide bonds. The largest absolute Gasteiger partial charge is 0.387 e. The number of hydrogen-bond donors (Lipinski definition) is 1. The first-order chi connectivity index (χ1) is 8.31. The summed E-state index contributed by atoms with van der Waals surface area (Å²) in [5.74, 6) is 6.42. The maximum Gasteiger partial charge on any atom is 0.0496 e. The molecule has 0 fully saturated rings. The molecule has 0 aromatic heterocycles. The summed E-state index contributed by atoms with van der Waals surface area (Å²) in [6.07, 6.45) is 0. The third kappa shape index (κ3) is 2.68. The number of aryl methyl sites for hydroxylation is 1. The van der Waals surface area contributed by atoms with Gasteiger partial charge in [-0.15, -0.1) is 0 Å². The van der Waals surface area contributed by atoms with Crippen LogP contribution >= 0.6 is 0 Å². The Labute approximate surface area is 102 Å². The number of anilines is 1. The second-order valence-electron chi connectivity index (χ2n) is 3.86. The van der Waals surface area contributed by atoms with Gasteiger partial charge in [-0.2, -0.15) is 0 Å². The molecule has 0 saturated carbocycles. The maximum absolute atomic E-state index is 3.21. The molecule has 0 aliphatic rings. The van der Waals surface area contributed by atoms with Crippen molar-refractivity contribution in [1.29, 1.82) is 0 Å². The minimum absolute atomic E-state index is 1.03. The van der Waals surface area contributed by atoms with E-state index in [0.717, 1.165) is 16.8 Å². The van der Waals surface area contributed by atoms with Crippen LogP contribution in [0, 0.1) is 18.8 Å². The van der Waals surface area contributed by atoms with Crippen LogP contribution in [0.5, 0.6) is 0 Å². The highest BCUT2D eigenvalue weighted by molar-refractivity contribution is 5.60. The van der Waals surface area contributed by atoms with Crippen molar-refractivity contribution in [2.75, 3.05) is 12.4 Å². The molecule has 0 bridgehead atoms. The molecule has 0 radical (unpaired) electrons. The van der Waals surface area contributed by atoms with Crippen LogP contribution in [0.1, 0.15) is 16.7 Å². The lowest BCUT2D eigenvalue weighted by atomic mass is 10.1. The Morgan fingerprint density at radius 3 is 2.12 bits per heavy atom. The molecule has 2 rings (SSSR count). The van der Waals surface area contributed by atoms with E-state index in [0.29, 0.717) is 0 Å². The van der Waals surface area contributed by atoms with Crippen LogP contribution < -0.4 is 5.32 Å². The summed E-state index contributed by atoms with van der Waals surface area (Å²) in [5.41, 5.74) is 4.38. The van der Waals surface area contributed by atoms with E-state index in [4.69, 9.17) is 0 Å². The van der Waals surface area contributed by atoms with E-state index in [9.17, 15) is 0 Å². The van der Waals surface area contributed by atoms with Crippen molar-refractivity contribution in [3.63, 3.8) is 0 Å². The highest BCUT2D eigenvalue weighted by atomic mass is 14.8. The van der Waals surface area contributed by atoms with Crippen molar-refractivity contribution in [2.24, 2.45) is 0 Å². The van der Waals surface area contributed by atoms with Crippen molar-refractivity contribution in [1.82, 2.24) is 0 Å². The van der Waals surface area contributed by atoms with Gasteiger partial charge in [0.05, 0.1) is 0 Å². The van der Waals surface area contributed by atoms with Crippen LogP contribution in [-0.4, -0.2) is 7.05 Å². The zero-order valence-electron chi connectivity index (χ0n) is 10.1. The summed E-state index contributed by atoms with van der Waals surface area (Å²) in [7, 11) is 1.91. The molecule has 2 aromatic carbocycles. The minimum Gasteiger partial charge on any atom is -0.387 e. The Morgan fingerprint density at radius 2 is 1.41 bits per heavy atom. The molecule has 0 atom stereocenters. The van der Waals surface area contributed by atoms with Gasteiger partial charge in [-0.3, -0.25) is 0 Å². The quantitative estimate of drug-likeness (QED) is 0.727. The predicted octanol–water partition coefficient (Wildman–Crippen LogP) is 3.44. The number of hydrogen-bond acceptors (Lipinski definition) is 1. The highest BCUT2D eigenvalue weighted by Gasteiger charge is 1.95. The smallest absolute Gasteiger partial charge is 0.0496 e. The molecular formula is C16H15N. The molecule has 0 spiro atoms. The van der Waals surface area contributed by atoms with E-state index >= 15 is 0 Å². The summed E-state index contributed by atoms with van der Waals surface area (Å²) in [5, 5.41) is 3.14. The van der Waals surface area contributed by atoms with Crippen LogP contribution in [0.25, 0.3) is 0 Å². The van der Waals surface area contributed by atoms with Crippen LogP contribution in [-0.2, 0) is 0 Å². The standard InChI is InChI=1S/C16H15N/c1-13-7-3-4-8-14(13)11-12-15-9-5-6-10-16(15)17-2/h3-10,17H,1-2H3. The molecule has 0 saturated heterocycles. The van der Waals surface area contributed by atoms with Crippen LogP contribution in [0.2, 0.25) is 0 Å².